The molecule has 0 bridgehead atoms. The number of aromatic nitrogens is 1. The fourth-order valence-corrected chi connectivity index (χ4v) is 1.37. The zero-order chi connectivity index (χ0) is 9.80. The Morgan fingerprint density at radius 3 is 3.07 bits per heavy atom. The van der Waals surface area contributed by atoms with Crippen molar-refractivity contribution >= 4 is 5.82 Å². The summed E-state index contributed by atoms with van der Waals surface area (Å²) in [4.78, 5) is 4.29. The first-order valence-electron chi connectivity index (χ1n) is 5.30. The second-order valence-corrected chi connectivity index (χ2v) is 3.75. The molecule has 1 fully saturated rings. The molecule has 2 N–H and O–H groups in total. The highest BCUT2D eigenvalue weighted by Crippen LogP contribution is 2.23. The molecule has 1 aromatic rings. The summed E-state index contributed by atoms with van der Waals surface area (Å²) >= 11 is 0. The second kappa shape index (κ2) is 4.42. The predicted octanol–water partition coefficient (Wildman–Crippen LogP) is 1.77. The summed E-state index contributed by atoms with van der Waals surface area (Å²) in [6.07, 6.45) is 4.45. The number of anilines is 1. The standard InChI is InChI=1S/C11H17N3/c1-2-12-8-9-5-6-13-11(7-9)14-10-3-4-10/h5-7,10,12H,2-4,8H2,1H3,(H,13,14). The zero-order valence-corrected chi connectivity index (χ0v) is 8.59. The summed E-state index contributed by atoms with van der Waals surface area (Å²) in [5, 5.41) is 6.70. The first-order valence-corrected chi connectivity index (χ1v) is 5.30. The van der Waals surface area contributed by atoms with Crippen molar-refractivity contribution in [1.29, 1.82) is 0 Å². The van der Waals surface area contributed by atoms with Crippen LogP contribution < -0.4 is 10.6 Å². The van der Waals surface area contributed by atoms with E-state index in [4.69, 9.17) is 0 Å². The molecule has 0 amide bonds. The Balaban J connectivity index is 1.94. The van der Waals surface area contributed by atoms with E-state index in [1.807, 2.05) is 6.20 Å². The van der Waals surface area contributed by atoms with Crippen LogP contribution in [0.25, 0.3) is 0 Å². The van der Waals surface area contributed by atoms with Crippen LogP contribution in [-0.4, -0.2) is 17.6 Å². The van der Waals surface area contributed by atoms with Gasteiger partial charge in [-0.25, -0.2) is 4.98 Å². The minimum absolute atomic E-state index is 0.678. The number of rotatable bonds is 5. The molecule has 1 heterocycles. The smallest absolute Gasteiger partial charge is 0.126 e. The molecule has 0 atom stereocenters. The first-order chi connectivity index (χ1) is 6.88. The third-order valence-electron chi connectivity index (χ3n) is 2.33. The Hall–Kier alpha value is -1.09. The lowest BCUT2D eigenvalue weighted by Crippen LogP contribution is -2.12. The van der Waals surface area contributed by atoms with Crippen molar-refractivity contribution in [3.63, 3.8) is 0 Å². The van der Waals surface area contributed by atoms with Crippen molar-refractivity contribution in [3.05, 3.63) is 23.9 Å². The van der Waals surface area contributed by atoms with Gasteiger partial charge < -0.3 is 10.6 Å². The topological polar surface area (TPSA) is 37.0 Å². The van der Waals surface area contributed by atoms with Gasteiger partial charge in [0.05, 0.1) is 0 Å². The number of nitrogens with zero attached hydrogens (tertiary/aromatic N) is 1. The molecule has 0 aliphatic heterocycles. The van der Waals surface area contributed by atoms with Crippen LogP contribution in [0.2, 0.25) is 0 Å². The Kier molecular flexibility index (Phi) is 2.99. The largest absolute Gasteiger partial charge is 0.367 e. The second-order valence-electron chi connectivity index (χ2n) is 3.75. The van der Waals surface area contributed by atoms with E-state index < -0.39 is 0 Å². The van der Waals surface area contributed by atoms with Crippen molar-refractivity contribution in [2.24, 2.45) is 0 Å². The summed E-state index contributed by atoms with van der Waals surface area (Å²) in [6, 6.07) is 4.86. The molecule has 0 aromatic carbocycles. The molecule has 1 aliphatic rings. The fourth-order valence-electron chi connectivity index (χ4n) is 1.37. The van der Waals surface area contributed by atoms with E-state index >= 15 is 0 Å². The minimum atomic E-state index is 0.678. The maximum absolute atomic E-state index is 4.29. The van der Waals surface area contributed by atoms with Crippen LogP contribution in [0.3, 0.4) is 0 Å². The lowest BCUT2D eigenvalue weighted by atomic mass is 10.2. The van der Waals surface area contributed by atoms with Crippen molar-refractivity contribution in [3.8, 4) is 0 Å². The Morgan fingerprint density at radius 2 is 2.36 bits per heavy atom. The molecule has 0 unspecified atom stereocenters. The Morgan fingerprint density at radius 1 is 1.50 bits per heavy atom. The molecule has 76 valence electrons. The SMILES string of the molecule is CCNCc1ccnc(NC2CC2)c1. The Labute approximate surface area is 84.9 Å². The van der Waals surface area contributed by atoms with Crippen LogP contribution in [-0.2, 0) is 6.54 Å². The third kappa shape index (κ3) is 2.70. The quantitative estimate of drug-likeness (QED) is 0.744. The lowest BCUT2D eigenvalue weighted by Gasteiger charge is -2.06. The van der Waals surface area contributed by atoms with Gasteiger partial charge in [0.25, 0.3) is 0 Å². The predicted molar refractivity (Wildman–Crippen MR) is 58.3 cm³/mol. The third-order valence-corrected chi connectivity index (χ3v) is 2.33. The molecule has 1 aliphatic carbocycles. The lowest BCUT2D eigenvalue weighted by molar-refractivity contribution is 0.726. The van der Waals surface area contributed by atoms with Crippen LogP contribution >= 0.6 is 0 Å². The van der Waals surface area contributed by atoms with Crippen LogP contribution in [0.15, 0.2) is 18.3 Å². The molecular formula is C11H17N3. The van der Waals surface area contributed by atoms with E-state index in [1.54, 1.807) is 0 Å². The van der Waals surface area contributed by atoms with Gasteiger partial charge >= 0.3 is 0 Å². The number of hydrogen-bond donors (Lipinski definition) is 2. The molecule has 1 saturated carbocycles. The average molecular weight is 191 g/mol. The van der Waals surface area contributed by atoms with Crippen LogP contribution in [0.5, 0.6) is 0 Å². The van der Waals surface area contributed by atoms with Gasteiger partial charge in [-0.2, -0.15) is 0 Å². The number of nitrogens with one attached hydrogen (secondary N) is 2. The summed E-state index contributed by atoms with van der Waals surface area (Å²) in [5.74, 6) is 1.02. The van der Waals surface area contributed by atoms with Crippen molar-refractivity contribution in [2.75, 3.05) is 11.9 Å². The summed E-state index contributed by atoms with van der Waals surface area (Å²) in [5.41, 5.74) is 1.30. The van der Waals surface area contributed by atoms with Gasteiger partial charge in [0.2, 0.25) is 0 Å². The van der Waals surface area contributed by atoms with Crippen LogP contribution in [0.4, 0.5) is 5.82 Å². The first kappa shape index (κ1) is 9.46. The maximum atomic E-state index is 4.29. The molecule has 2 rings (SSSR count). The molecule has 14 heavy (non-hydrogen) atoms. The fraction of sp³-hybridized carbons (Fsp3) is 0.545. The molecule has 0 saturated heterocycles. The highest BCUT2D eigenvalue weighted by atomic mass is 15.0. The van der Waals surface area contributed by atoms with E-state index in [1.165, 1.54) is 18.4 Å². The Bertz CT molecular complexity index is 294. The summed E-state index contributed by atoms with van der Waals surface area (Å²) in [6.45, 7) is 4.05. The van der Waals surface area contributed by atoms with Crippen molar-refractivity contribution in [1.82, 2.24) is 10.3 Å². The maximum Gasteiger partial charge on any atom is 0.126 e. The van der Waals surface area contributed by atoms with Crippen molar-refractivity contribution < 1.29 is 0 Å². The van der Waals surface area contributed by atoms with Gasteiger partial charge in [-0.05, 0) is 37.1 Å². The zero-order valence-electron chi connectivity index (χ0n) is 8.59. The van der Waals surface area contributed by atoms with Crippen LogP contribution in [0.1, 0.15) is 25.3 Å². The van der Waals surface area contributed by atoms with E-state index in [0.29, 0.717) is 6.04 Å². The van der Waals surface area contributed by atoms with Gasteiger partial charge in [-0.15, -0.1) is 0 Å². The van der Waals surface area contributed by atoms with E-state index in [0.717, 1.165) is 18.9 Å². The molecule has 3 nitrogen and oxygen atoms in total. The summed E-state index contributed by atoms with van der Waals surface area (Å²) < 4.78 is 0. The molecule has 3 heteroatoms. The van der Waals surface area contributed by atoms with E-state index in [2.05, 4.69) is 34.7 Å². The minimum Gasteiger partial charge on any atom is -0.367 e. The van der Waals surface area contributed by atoms with Crippen LogP contribution in [0, 0.1) is 0 Å². The normalized spacial score (nSPS) is 15.5. The van der Waals surface area contributed by atoms with Gasteiger partial charge in [0.15, 0.2) is 0 Å². The highest BCUT2D eigenvalue weighted by molar-refractivity contribution is 5.39. The van der Waals surface area contributed by atoms with Gasteiger partial charge in [0.1, 0.15) is 5.82 Å². The number of hydrogen-bond acceptors (Lipinski definition) is 3. The van der Waals surface area contributed by atoms with E-state index in [9.17, 15) is 0 Å². The molecule has 1 aromatic heterocycles. The molecule has 0 spiro atoms. The average Bonchev–Trinajstić information content (AvgIpc) is 2.99. The monoisotopic (exact) mass is 191 g/mol. The highest BCUT2D eigenvalue weighted by Gasteiger charge is 2.21. The van der Waals surface area contributed by atoms with Gasteiger partial charge in [0, 0.05) is 18.8 Å². The van der Waals surface area contributed by atoms with Gasteiger partial charge in [-0.3, -0.25) is 0 Å². The molecular weight excluding hydrogens is 174 g/mol. The van der Waals surface area contributed by atoms with E-state index in [-0.39, 0.29) is 0 Å². The number of pyridine rings is 1. The summed E-state index contributed by atoms with van der Waals surface area (Å²) in [7, 11) is 0. The molecule has 0 radical (unpaired) electrons. The van der Waals surface area contributed by atoms with Gasteiger partial charge in [-0.1, -0.05) is 6.92 Å². The van der Waals surface area contributed by atoms with Crippen molar-refractivity contribution in [2.45, 2.75) is 32.4 Å².